The van der Waals surface area contributed by atoms with E-state index < -0.39 is 6.10 Å². The van der Waals surface area contributed by atoms with E-state index in [4.69, 9.17) is 0 Å². The van der Waals surface area contributed by atoms with Gasteiger partial charge < -0.3 is 10.4 Å². The summed E-state index contributed by atoms with van der Waals surface area (Å²) in [6.07, 6.45) is 1.21. The number of aromatic nitrogens is 2. The largest absolute Gasteiger partial charge is 0.390 e. The molecule has 2 aromatic heterocycles. The van der Waals surface area contributed by atoms with Crippen molar-refractivity contribution in [3.05, 3.63) is 33.2 Å². The van der Waals surface area contributed by atoms with Crippen molar-refractivity contribution < 1.29 is 9.90 Å². The van der Waals surface area contributed by atoms with Crippen LogP contribution in [0.2, 0.25) is 0 Å². The number of hydrogen-bond acceptors (Lipinski definition) is 7. The molecule has 1 amide bonds. The Kier molecular flexibility index (Phi) is 4.06. The second-order valence-electron chi connectivity index (χ2n) is 4.64. The van der Waals surface area contributed by atoms with Crippen LogP contribution in [0.15, 0.2) is 22.5 Å². The lowest BCUT2D eigenvalue weighted by molar-refractivity contribution is 0.0884. The quantitative estimate of drug-likeness (QED) is 0.863. The van der Waals surface area contributed by atoms with Crippen LogP contribution >= 0.6 is 22.7 Å². The van der Waals surface area contributed by atoms with Crippen molar-refractivity contribution in [2.24, 2.45) is 0 Å². The van der Waals surface area contributed by atoms with E-state index in [0.29, 0.717) is 25.3 Å². The van der Waals surface area contributed by atoms with Crippen LogP contribution in [-0.2, 0) is 6.54 Å². The summed E-state index contributed by atoms with van der Waals surface area (Å²) in [5.41, 5.74) is 2.02. The summed E-state index contributed by atoms with van der Waals surface area (Å²) >= 11 is 2.97. The zero-order valence-electron chi connectivity index (χ0n) is 10.6. The van der Waals surface area contributed by atoms with Crippen LogP contribution in [0.25, 0.3) is 0 Å². The molecule has 0 radical (unpaired) electrons. The normalized spacial score (nSPS) is 23.1. The molecule has 2 atom stereocenters. The van der Waals surface area contributed by atoms with Crippen LogP contribution in [0.4, 0.5) is 0 Å². The number of thiazole rings is 2. The minimum Gasteiger partial charge on any atom is -0.390 e. The molecule has 8 heteroatoms. The second-order valence-corrected chi connectivity index (χ2v) is 6.34. The van der Waals surface area contributed by atoms with Crippen molar-refractivity contribution in [1.82, 2.24) is 20.2 Å². The molecule has 2 N–H and O–H groups in total. The van der Waals surface area contributed by atoms with Gasteiger partial charge in [-0.1, -0.05) is 0 Å². The molecule has 0 spiro atoms. The molecule has 106 valence electrons. The van der Waals surface area contributed by atoms with E-state index in [1.54, 1.807) is 28.4 Å². The number of aliphatic hydroxyl groups is 1. The Morgan fingerprint density at radius 3 is 3.10 bits per heavy atom. The van der Waals surface area contributed by atoms with E-state index >= 15 is 0 Å². The van der Waals surface area contributed by atoms with E-state index in [0.717, 1.165) is 5.01 Å². The van der Waals surface area contributed by atoms with E-state index in [1.807, 2.05) is 5.38 Å². The van der Waals surface area contributed by atoms with Crippen LogP contribution in [-0.4, -0.2) is 51.1 Å². The summed E-state index contributed by atoms with van der Waals surface area (Å²) in [7, 11) is 0. The van der Waals surface area contributed by atoms with Gasteiger partial charge in [0.15, 0.2) is 0 Å². The molecular formula is C12H14N4O2S2. The first-order valence-corrected chi connectivity index (χ1v) is 8.02. The van der Waals surface area contributed by atoms with Crippen molar-refractivity contribution in [2.45, 2.75) is 18.7 Å². The van der Waals surface area contributed by atoms with Crippen molar-refractivity contribution in [2.75, 3.05) is 13.1 Å². The Hall–Kier alpha value is -1.35. The van der Waals surface area contributed by atoms with Crippen LogP contribution in [0.3, 0.4) is 0 Å². The highest BCUT2D eigenvalue weighted by Crippen LogP contribution is 2.16. The van der Waals surface area contributed by atoms with Crippen LogP contribution in [0, 0.1) is 0 Å². The summed E-state index contributed by atoms with van der Waals surface area (Å²) in [5.74, 6) is -0.230. The molecule has 0 saturated carbocycles. The zero-order valence-corrected chi connectivity index (χ0v) is 12.2. The topological polar surface area (TPSA) is 78.4 Å². The number of β-amino-alcohol motifs (C(OH)–C–C–N with tert-alkyl or cyclic N) is 1. The second kappa shape index (κ2) is 5.96. The van der Waals surface area contributed by atoms with Gasteiger partial charge in [0, 0.05) is 30.0 Å². The van der Waals surface area contributed by atoms with Gasteiger partial charge in [-0.25, -0.2) is 9.97 Å². The van der Waals surface area contributed by atoms with Gasteiger partial charge in [0.25, 0.3) is 5.91 Å². The molecule has 3 heterocycles. The maximum absolute atomic E-state index is 11.9. The van der Waals surface area contributed by atoms with E-state index in [-0.39, 0.29) is 11.9 Å². The standard InChI is InChI=1S/C12H14N4O2S2/c17-10-4-16(5-11-13-1-2-20-11)3-8(10)15-12(18)9-6-19-7-14-9/h1-2,6-8,10,17H,3-5H2,(H,15,18)/t8-,10-/m1/s1. The maximum atomic E-state index is 11.9. The SMILES string of the molecule is O=C(N[C@@H]1CN(Cc2nccs2)C[C@H]1O)c1cscn1. The Labute approximate surface area is 124 Å². The molecule has 1 saturated heterocycles. The highest BCUT2D eigenvalue weighted by Gasteiger charge is 2.33. The van der Waals surface area contributed by atoms with Crippen molar-refractivity contribution in [3.63, 3.8) is 0 Å². The average Bonchev–Trinajstić information content (AvgIpc) is 3.14. The predicted octanol–water partition coefficient (Wildman–Crippen LogP) is 0.575. The van der Waals surface area contributed by atoms with Crippen molar-refractivity contribution >= 4 is 28.6 Å². The number of rotatable bonds is 4. The molecule has 0 bridgehead atoms. The van der Waals surface area contributed by atoms with Gasteiger partial charge in [0.1, 0.15) is 10.7 Å². The smallest absolute Gasteiger partial charge is 0.271 e. The first kappa shape index (κ1) is 13.6. The highest BCUT2D eigenvalue weighted by atomic mass is 32.1. The molecule has 2 aromatic rings. The molecule has 0 unspecified atom stereocenters. The third-order valence-corrected chi connectivity index (χ3v) is 4.54. The number of carbonyl (C=O) groups excluding carboxylic acids is 1. The highest BCUT2D eigenvalue weighted by molar-refractivity contribution is 7.09. The van der Waals surface area contributed by atoms with E-state index in [9.17, 15) is 9.90 Å². The summed E-state index contributed by atoms with van der Waals surface area (Å²) in [6.45, 7) is 1.87. The summed E-state index contributed by atoms with van der Waals surface area (Å²) < 4.78 is 0. The third kappa shape index (κ3) is 3.04. The van der Waals surface area contributed by atoms with Gasteiger partial charge in [-0.15, -0.1) is 22.7 Å². The fraction of sp³-hybridized carbons (Fsp3) is 0.417. The summed E-state index contributed by atoms with van der Waals surface area (Å²) in [4.78, 5) is 22.2. The molecule has 6 nitrogen and oxygen atoms in total. The van der Waals surface area contributed by atoms with Crippen molar-refractivity contribution in [1.29, 1.82) is 0 Å². The molecule has 0 aromatic carbocycles. The Morgan fingerprint density at radius 1 is 1.50 bits per heavy atom. The Balaban J connectivity index is 1.57. The predicted molar refractivity (Wildman–Crippen MR) is 76.8 cm³/mol. The zero-order chi connectivity index (χ0) is 13.9. The molecule has 3 rings (SSSR count). The molecule has 1 aliphatic heterocycles. The van der Waals surface area contributed by atoms with Gasteiger partial charge in [0.05, 0.1) is 24.2 Å². The van der Waals surface area contributed by atoms with Crippen LogP contribution < -0.4 is 5.32 Å². The maximum Gasteiger partial charge on any atom is 0.271 e. The number of hydrogen-bond donors (Lipinski definition) is 2. The van der Waals surface area contributed by atoms with Gasteiger partial charge in [-0.2, -0.15) is 0 Å². The van der Waals surface area contributed by atoms with E-state index in [2.05, 4.69) is 20.2 Å². The van der Waals surface area contributed by atoms with Crippen LogP contribution in [0.5, 0.6) is 0 Å². The number of nitrogens with one attached hydrogen (secondary N) is 1. The average molecular weight is 310 g/mol. The number of aliphatic hydroxyl groups excluding tert-OH is 1. The first-order valence-electron chi connectivity index (χ1n) is 6.20. The Bertz CT molecular complexity index is 558. The lowest BCUT2D eigenvalue weighted by Gasteiger charge is -2.15. The van der Waals surface area contributed by atoms with Gasteiger partial charge >= 0.3 is 0 Å². The third-order valence-electron chi connectivity index (χ3n) is 3.19. The van der Waals surface area contributed by atoms with Crippen LogP contribution in [0.1, 0.15) is 15.5 Å². The fourth-order valence-corrected chi connectivity index (χ4v) is 3.42. The minimum atomic E-state index is -0.558. The van der Waals surface area contributed by atoms with Gasteiger partial charge in [0.2, 0.25) is 0 Å². The fourth-order valence-electron chi connectivity index (χ4n) is 2.23. The molecular weight excluding hydrogens is 296 g/mol. The summed E-state index contributed by atoms with van der Waals surface area (Å²) in [5, 5.41) is 17.5. The number of carbonyl (C=O) groups is 1. The number of amides is 1. The number of nitrogens with zero attached hydrogens (tertiary/aromatic N) is 3. The lowest BCUT2D eigenvalue weighted by Crippen LogP contribution is -2.42. The minimum absolute atomic E-state index is 0.230. The van der Waals surface area contributed by atoms with Crippen molar-refractivity contribution in [3.8, 4) is 0 Å². The van der Waals surface area contributed by atoms with Gasteiger partial charge in [-0.05, 0) is 0 Å². The van der Waals surface area contributed by atoms with Gasteiger partial charge in [-0.3, -0.25) is 9.69 Å². The molecule has 20 heavy (non-hydrogen) atoms. The first-order chi connectivity index (χ1) is 9.72. The monoisotopic (exact) mass is 310 g/mol. The molecule has 0 aliphatic carbocycles. The van der Waals surface area contributed by atoms with E-state index in [1.165, 1.54) is 11.3 Å². The molecule has 1 fully saturated rings. The molecule has 1 aliphatic rings. The Morgan fingerprint density at radius 2 is 2.40 bits per heavy atom. The number of likely N-dealkylation sites (tertiary alicyclic amines) is 1. The summed E-state index contributed by atoms with van der Waals surface area (Å²) in [6, 6.07) is -0.260. The lowest BCUT2D eigenvalue weighted by atomic mass is 10.2.